The number of carbonyl (C=O) groups excluding carboxylic acids is 2. The summed E-state index contributed by atoms with van der Waals surface area (Å²) in [6, 6.07) is 8.44. The van der Waals surface area contributed by atoms with Gasteiger partial charge in [-0.25, -0.2) is 13.2 Å². The van der Waals surface area contributed by atoms with Crippen molar-refractivity contribution in [2.24, 2.45) is 5.73 Å². The van der Waals surface area contributed by atoms with Crippen LogP contribution in [0.15, 0.2) is 47.4 Å². The van der Waals surface area contributed by atoms with E-state index in [-0.39, 0.29) is 15.6 Å². The molecule has 0 bridgehead atoms. The summed E-state index contributed by atoms with van der Waals surface area (Å²) in [5.74, 6) is 0.0862. The Hall–Kier alpha value is -2.14. The van der Waals surface area contributed by atoms with Crippen LogP contribution in [0.25, 0.3) is 0 Å². The lowest BCUT2D eigenvalue weighted by molar-refractivity contribution is -0.117. The molecule has 0 aliphatic carbocycles. The zero-order chi connectivity index (χ0) is 22.3. The number of hydrogen-bond acceptors (Lipinski definition) is 5. The molecule has 0 radical (unpaired) electrons. The van der Waals surface area contributed by atoms with Gasteiger partial charge in [-0.2, -0.15) is 11.8 Å². The lowest BCUT2D eigenvalue weighted by atomic mass is 10.2. The van der Waals surface area contributed by atoms with E-state index in [4.69, 9.17) is 28.9 Å². The van der Waals surface area contributed by atoms with Gasteiger partial charge in [0.2, 0.25) is 5.91 Å². The average molecular weight is 491 g/mol. The number of amides is 3. The van der Waals surface area contributed by atoms with Crippen LogP contribution in [0.2, 0.25) is 10.0 Å². The Morgan fingerprint density at radius 1 is 1.10 bits per heavy atom. The number of halogens is 2. The highest BCUT2D eigenvalue weighted by atomic mass is 35.5. The minimum atomic E-state index is -4.04. The largest absolute Gasteiger partial charge is 0.352 e. The molecule has 162 valence electrons. The van der Waals surface area contributed by atoms with Crippen molar-refractivity contribution >= 4 is 68.3 Å². The first-order valence-corrected chi connectivity index (χ1v) is 12.2. The molecule has 12 heteroatoms. The van der Waals surface area contributed by atoms with Crippen molar-refractivity contribution in [1.29, 1.82) is 0 Å². The van der Waals surface area contributed by atoms with Gasteiger partial charge < -0.3 is 16.4 Å². The summed E-state index contributed by atoms with van der Waals surface area (Å²) in [4.78, 5) is 23.5. The summed E-state index contributed by atoms with van der Waals surface area (Å²) < 4.78 is 27.9. The molecule has 2 aromatic rings. The van der Waals surface area contributed by atoms with E-state index in [2.05, 4.69) is 15.4 Å². The number of rotatable bonds is 9. The minimum Gasteiger partial charge on any atom is -0.352 e. The number of primary amides is 1. The van der Waals surface area contributed by atoms with E-state index in [0.717, 1.165) is 0 Å². The zero-order valence-electron chi connectivity index (χ0n) is 15.8. The van der Waals surface area contributed by atoms with Gasteiger partial charge in [0.25, 0.3) is 10.0 Å². The molecular formula is C18H20Cl2N4O4S2. The van der Waals surface area contributed by atoms with Crippen molar-refractivity contribution in [3.63, 3.8) is 0 Å². The van der Waals surface area contributed by atoms with E-state index in [1.165, 1.54) is 54.2 Å². The van der Waals surface area contributed by atoms with Crippen molar-refractivity contribution in [2.45, 2.75) is 17.4 Å². The van der Waals surface area contributed by atoms with Crippen LogP contribution in [-0.2, 0) is 14.8 Å². The van der Waals surface area contributed by atoms with E-state index in [1.807, 2.05) is 6.26 Å². The monoisotopic (exact) mass is 490 g/mol. The average Bonchev–Trinajstić information content (AvgIpc) is 2.67. The number of hydrogen-bond donors (Lipinski definition) is 4. The van der Waals surface area contributed by atoms with Gasteiger partial charge in [0, 0.05) is 16.4 Å². The Morgan fingerprint density at radius 3 is 2.33 bits per heavy atom. The first kappa shape index (κ1) is 24.1. The first-order chi connectivity index (χ1) is 14.1. The second-order valence-corrected chi connectivity index (χ2v) is 9.57. The highest BCUT2D eigenvalue weighted by Crippen LogP contribution is 2.27. The van der Waals surface area contributed by atoms with Crippen LogP contribution in [0.5, 0.6) is 0 Å². The normalized spacial score (nSPS) is 12.1. The zero-order valence-corrected chi connectivity index (χ0v) is 19.0. The quantitative estimate of drug-likeness (QED) is 0.427. The number of nitrogens with one attached hydrogen (secondary N) is 3. The lowest BCUT2D eigenvalue weighted by Gasteiger charge is -2.17. The predicted molar refractivity (Wildman–Crippen MR) is 122 cm³/mol. The van der Waals surface area contributed by atoms with E-state index < -0.39 is 28.0 Å². The molecule has 0 aliphatic rings. The third-order valence-corrected chi connectivity index (χ3v) is 6.59. The van der Waals surface area contributed by atoms with Gasteiger partial charge in [0.1, 0.15) is 10.9 Å². The fourth-order valence-corrected chi connectivity index (χ4v) is 4.60. The standard InChI is InChI=1S/C18H20Cl2N4O4S2/c1-29-9-8-15(23-18(21)26)17(25)22-13-6-7-14(20)16(10-13)30(27,28)24-12-4-2-11(19)3-5-12/h2-7,10,15,24H,8-9H2,1H3,(H,22,25)(H3,21,23,26)/t15-/m0/s1. The van der Waals surface area contributed by atoms with Crippen molar-refractivity contribution in [3.8, 4) is 0 Å². The molecule has 5 N–H and O–H groups in total. The minimum absolute atomic E-state index is 0.0244. The van der Waals surface area contributed by atoms with Gasteiger partial charge in [-0.3, -0.25) is 9.52 Å². The molecule has 0 aromatic heterocycles. The molecule has 1 atom stereocenters. The maximum absolute atomic E-state index is 12.7. The van der Waals surface area contributed by atoms with Crippen LogP contribution in [0.3, 0.4) is 0 Å². The van der Waals surface area contributed by atoms with Crippen molar-refractivity contribution in [2.75, 3.05) is 22.0 Å². The third kappa shape index (κ3) is 6.98. The predicted octanol–water partition coefficient (Wildman–Crippen LogP) is 3.52. The summed E-state index contributed by atoms with van der Waals surface area (Å²) in [6.45, 7) is 0. The van der Waals surface area contributed by atoms with Gasteiger partial charge in [-0.05, 0) is 60.9 Å². The number of urea groups is 1. The molecule has 0 unspecified atom stereocenters. The smallest absolute Gasteiger partial charge is 0.312 e. The summed E-state index contributed by atoms with van der Waals surface area (Å²) >= 11 is 13.4. The van der Waals surface area contributed by atoms with Crippen LogP contribution in [0.4, 0.5) is 16.2 Å². The Morgan fingerprint density at radius 2 is 1.73 bits per heavy atom. The number of benzene rings is 2. The summed E-state index contributed by atoms with van der Waals surface area (Å²) in [6.07, 6.45) is 2.22. The number of sulfonamides is 1. The summed E-state index contributed by atoms with van der Waals surface area (Å²) in [5, 5.41) is 5.39. The molecule has 0 heterocycles. The van der Waals surface area contributed by atoms with Crippen LogP contribution >= 0.6 is 35.0 Å². The summed E-state index contributed by atoms with van der Waals surface area (Å²) in [7, 11) is -4.04. The Labute approximate surface area is 188 Å². The Kier molecular flexibility index (Phi) is 8.65. The highest BCUT2D eigenvalue weighted by Gasteiger charge is 2.22. The molecular weight excluding hydrogens is 471 g/mol. The second kappa shape index (κ2) is 10.8. The lowest BCUT2D eigenvalue weighted by Crippen LogP contribution is -2.46. The molecule has 0 spiro atoms. The highest BCUT2D eigenvalue weighted by molar-refractivity contribution is 7.98. The second-order valence-electron chi connectivity index (χ2n) is 6.09. The first-order valence-electron chi connectivity index (χ1n) is 8.56. The van der Waals surface area contributed by atoms with Crippen LogP contribution in [-0.4, -0.2) is 38.4 Å². The molecule has 0 saturated carbocycles. The van der Waals surface area contributed by atoms with Gasteiger partial charge in [0.15, 0.2) is 0 Å². The third-order valence-electron chi connectivity index (χ3n) is 3.83. The molecule has 0 saturated heterocycles. The molecule has 3 amide bonds. The fourth-order valence-electron chi connectivity index (χ4n) is 2.42. The number of carbonyl (C=O) groups is 2. The van der Waals surface area contributed by atoms with Crippen LogP contribution in [0, 0.1) is 0 Å². The van der Waals surface area contributed by atoms with Gasteiger partial charge in [-0.15, -0.1) is 0 Å². The molecule has 2 aromatic carbocycles. The molecule has 0 fully saturated rings. The topological polar surface area (TPSA) is 130 Å². The van der Waals surface area contributed by atoms with Crippen LogP contribution in [0.1, 0.15) is 6.42 Å². The molecule has 8 nitrogen and oxygen atoms in total. The van der Waals surface area contributed by atoms with Crippen molar-refractivity contribution in [1.82, 2.24) is 5.32 Å². The number of anilines is 2. The maximum Gasteiger partial charge on any atom is 0.312 e. The van der Waals surface area contributed by atoms with Gasteiger partial charge >= 0.3 is 6.03 Å². The molecule has 30 heavy (non-hydrogen) atoms. The van der Waals surface area contributed by atoms with E-state index >= 15 is 0 Å². The SMILES string of the molecule is CSCC[C@H](NC(N)=O)C(=O)Nc1ccc(Cl)c(S(=O)(=O)Nc2ccc(Cl)cc2)c1. The van der Waals surface area contributed by atoms with Gasteiger partial charge in [-0.1, -0.05) is 23.2 Å². The number of nitrogens with two attached hydrogens (primary N) is 1. The maximum atomic E-state index is 12.7. The van der Waals surface area contributed by atoms with E-state index in [0.29, 0.717) is 22.9 Å². The van der Waals surface area contributed by atoms with E-state index in [1.54, 1.807) is 0 Å². The Balaban J connectivity index is 2.23. The van der Waals surface area contributed by atoms with Gasteiger partial charge in [0.05, 0.1) is 5.02 Å². The molecule has 0 aliphatic heterocycles. The number of thioether (sulfide) groups is 1. The fraction of sp³-hybridized carbons (Fsp3) is 0.222. The molecule has 2 rings (SSSR count). The van der Waals surface area contributed by atoms with Crippen LogP contribution < -0.4 is 21.1 Å². The van der Waals surface area contributed by atoms with Crippen molar-refractivity contribution in [3.05, 3.63) is 52.5 Å². The summed E-state index contributed by atoms with van der Waals surface area (Å²) in [5.41, 5.74) is 5.62. The Bertz CT molecular complexity index is 1020. The van der Waals surface area contributed by atoms with E-state index in [9.17, 15) is 18.0 Å². The van der Waals surface area contributed by atoms with Crippen molar-refractivity contribution < 1.29 is 18.0 Å².